The highest BCUT2D eigenvalue weighted by atomic mass is 79.9. The van der Waals surface area contributed by atoms with Crippen molar-refractivity contribution in [1.82, 2.24) is 0 Å². The number of hydrogen-bond acceptors (Lipinski definition) is 5. The first-order valence-corrected chi connectivity index (χ1v) is 8.62. The van der Waals surface area contributed by atoms with E-state index >= 15 is 0 Å². The molecule has 0 aliphatic carbocycles. The van der Waals surface area contributed by atoms with Gasteiger partial charge in [-0.15, -0.1) is 0 Å². The molecule has 0 fully saturated rings. The van der Waals surface area contributed by atoms with Crippen LogP contribution in [0.4, 0.5) is 15.8 Å². The number of hydrogen-bond donors (Lipinski definition) is 3. The van der Waals surface area contributed by atoms with Gasteiger partial charge in [-0.25, -0.2) is 9.18 Å². The molecular weight excluding hydrogens is 407 g/mol. The van der Waals surface area contributed by atoms with E-state index in [1.807, 2.05) is 0 Å². The molecule has 3 N–H and O–H groups in total. The number of esters is 1. The summed E-state index contributed by atoms with van der Waals surface area (Å²) < 4.78 is 19.5. The quantitative estimate of drug-likeness (QED) is 0.594. The molecule has 1 unspecified atom stereocenters. The summed E-state index contributed by atoms with van der Waals surface area (Å²) in [5.41, 5.74) is 0.708. The maximum absolute atomic E-state index is 13.8. The molecule has 2 rings (SSSR count). The number of rotatable bonds is 7. The normalized spacial score (nSPS) is 11.5. The predicted octanol–water partition coefficient (Wildman–Crippen LogP) is 3.18. The lowest BCUT2D eigenvalue weighted by Gasteiger charge is -2.16. The average Bonchev–Trinajstić information content (AvgIpc) is 2.62. The van der Waals surface area contributed by atoms with E-state index in [0.717, 1.165) is 0 Å². The maximum Gasteiger partial charge on any atom is 0.341 e. The molecule has 2 aromatic rings. The lowest BCUT2D eigenvalue weighted by Crippen LogP contribution is -2.30. The van der Waals surface area contributed by atoms with Gasteiger partial charge in [0.1, 0.15) is 5.82 Å². The van der Waals surface area contributed by atoms with Crippen molar-refractivity contribution in [3.8, 4) is 0 Å². The number of benzene rings is 2. The van der Waals surface area contributed by atoms with Crippen LogP contribution in [0.25, 0.3) is 0 Å². The molecule has 1 atom stereocenters. The van der Waals surface area contributed by atoms with Crippen LogP contribution in [-0.4, -0.2) is 36.2 Å². The van der Waals surface area contributed by atoms with Gasteiger partial charge >= 0.3 is 5.97 Å². The minimum Gasteiger partial charge on any atom is -0.449 e. The Hall–Kier alpha value is -2.45. The SMILES string of the molecule is CC(OC(=O)c1ccccc1NCCO)C(=O)Nc1ccc(Br)cc1F. The second-order valence-corrected chi connectivity index (χ2v) is 6.27. The Bertz CT molecular complexity index is 801. The highest BCUT2D eigenvalue weighted by Gasteiger charge is 2.21. The van der Waals surface area contributed by atoms with Crippen LogP contribution in [0.15, 0.2) is 46.9 Å². The van der Waals surface area contributed by atoms with Gasteiger partial charge in [0.25, 0.3) is 5.91 Å². The summed E-state index contributed by atoms with van der Waals surface area (Å²) in [6, 6.07) is 10.8. The van der Waals surface area contributed by atoms with E-state index in [2.05, 4.69) is 26.6 Å². The van der Waals surface area contributed by atoms with E-state index < -0.39 is 23.8 Å². The predicted molar refractivity (Wildman–Crippen MR) is 99.6 cm³/mol. The summed E-state index contributed by atoms with van der Waals surface area (Å²) >= 11 is 3.13. The van der Waals surface area contributed by atoms with Crippen LogP contribution in [-0.2, 0) is 9.53 Å². The number of carbonyl (C=O) groups is 2. The molecule has 0 saturated heterocycles. The number of ether oxygens (including phenoxy) is 1. The summed E-state index contributed by atoms with van der Waals surface area (Å²) in [5.74, 6) is -1.96. The fraction of sp³-hybridized carbons (Fsp3) is 0.222. The molecule has 0 heterocycles. The van der Waals surface area contributed by atoms with Gasteiger partial charge in [-0.1, -0.05) is 28.1 Å². The van der Waals surface area contributed by atoms with Crippen LogP contribution in [0.2, 0.25) is 0 Å². The van der Waals surface area contributed by atoms with Gasteiger partial charge in [0, 0.05) is 16.7 Å². The highest BCUT2D eigenvalue weighted by Crippen LogP contribution is 2.20. The Labute approximate surface area is 158 Å². The number of aliphatic hydroxyl groups is 1. The summed E-state index contributed by atoms with van der Waals surface area (Å²) in [6.45, 7) is 1.57. The van der Waals surface area contributed by atoms with E-state index in [-0.39, 0.29) is 24.4 Å². The van der Waals surface area contributed by atoms with E-state index in [4.69, 9.17) is 9.84 Å². The van der Waals surface area contributed by atoms with Gasteiger partial charge in [0.05, 0.1) is 17.9 Å². The summed E-state index contributed by atoms with van der Waals surface area (Å²) in [5, 5.41) is 14.2. The molecule has 0 aromatic heterocycles. The molecule has 0 aliphatic heterocycles. The number of nitrogens with one attached hydrogen (secondary N) is 2. The van der Waals surface area contributed by atoms with Crippen molar-refractivity contribution in [2.75, 3.05) is 23.8 Å². The zero-order valence-electron chi connectivity index (χ0n) is 14.0. The molecule has 0 aliphatic rings. The average molecular weight is 425 g/mol. The first-order chi connectivity index (χ1) is 12.4. The van der Waals surface area contributed by atoms with E-state index in [1.54, 1.807) is 30.3 Å². The molecular formula is C18H18BrFN2O4. The van der Waals surface area contributed by atoms with Gasteiger partial charge in [-0.2, -0.15) is 0 Å². The van der Waals surface area contributed by atoms with Gasteiger partial charge in [-0.05, 0) is 37.3 Å². The van der Waals surface area contributed by atoms with Crippen LogP contribution in [0.3, 0.4) is 0 Å². The molecule has 0 spiro atoms. The maximum atomic E-state index is 13.8. The lowest BCUT2D eigenvalue weighted by atomic mass is 10.1. The third kappa shape index (κ3) is 5.27. The van der Waals surface area contributed by atoms with Gasteiger partial charge < -0.3 is 20.5 Å². The van der Waals surface area contributed by atoms with Crippen molar-refractivity contribution in [3.63, 3.8) is 0 Å². The third-order valence-electron chi connectivity index (χ3n) is 3.42. The molecule has 26 heavy (non-hydrogen) atoms. The standard InChI is InChI=1S/C18H18BrFN2O4/c1-11(17(24)22-16-7-6-12(19)10-14(16)20)26-18(25)13-4-2-3-5-15(13)21-8-9-23/h2-7,10-11,21,23H,8-9H2,1H3,(H,22,24). The summed E-state index contributed by atoms with van der Waals surface area (Å²) in [6.07, 6.45) is -1.13. The van der Waals surface area contributed by atoms with Crippen LogP contribution in [0, 0.1) is 5.82 Å². The van der Waals surface area contributed by atoms with Crippen LogP contribution in [0.5, 0.6) is 0 Å². The van der Waals surface area contributed by atoms with E-state index in [9.17, 15) is 14.0 Å². The zero-order chi connectivity index (χ0) is 19.1. The van der Waals surface area contributed by atoms with Crippen molar-refractivity contribution in [1.29, 1.82) is 0 Å². The van der Waals surface area contributed by atoms with Crippen LogP contribution >= 0.6 is 15.9 Å². The van der Waals surface area contributed by atoms with Crippen molar-refractivity contribution < 1.29 is 23.8 Å². The van der Waals surface area contributed by atoms with Gasteiger partial charge in [-0.3, -0.25) is 4.79 Å². The van der Waals surface area contributed by atoms with Crippen molar-refractivity contribution >= 4 is 39.2 Å². The largest absolute Gasteiger partial charge is 0.449 e. The second kappa shape index (κ2) is 9.30. The number of anilines is 2. The third-order valence-corrected chi connectivity index (χ3v) is 3.91. The molecule has 0 bridgehead atoms. The van der Waals surface area contributed by atoms with Gasteiger partial charge in [0.15, 0.2) is 6.10 Å². The fourth-order valence-electron chi connectivity index (χ4n) is 2.11. The van der Waals surface area contributed by atoms with Crippen molar-refractivity contribution in [2.45, 2.75) is 13.0 Å². The molecule has 1 amide bonds. The van der Waals surface area contributed by atoms with Crippen LogP contribution < -0.4 is 10.6 Å². The summed E-state index contributed by atoms with van der Waals surface area (Å²) in [4.78, 5) is 24.5. The van der Waals surface area contributed by atoms with Crippen LogP contribution in [0.1, 0.15) is 17.3 Å². The van der Waals surface area contributed by atoms with Crippen molar-refractivity contribution in [3.05, 3.63) is 58.3 Å². The minimum absolute atomic E-state index is 0.00823. The monoisotopic (exact) mass is 424 g/mol. The smallest absolute Gasteiger partial charge is 0.341 e. The minimum atomic E-state index is -1.13. The Morgan fingerprint density at radius 2 is 1.96 bits per heavy atom. The Kier molecular flexibility index (Phi) is 7.11. The summed E-state index contributed by atoms with van der Waals surface area (Å²) in [7, 11) is 0. The van der Waals surface area contributed by atoms with E-state index in [0.29, 0.717) is 10.2 Å². The topological polar surface area (TPSA) is 87.7 Å². The highest BCUT2D eigenvalue weighted by molar-refractivity contribution is 9.10. The number of para-hydroxylation sites is 1. The second-order valence-electron chi connectivity index (χ2n) is 5.36. The van der Waals surface area contributed by atoms with E-state index in [1.165, 1.54) is 19.1 Å². The Morgan fingerprint density at radius 1 is 1.23 bits per heavy atom. The Morgan fingerprint density at radius 3 is 2.65 bits per heavy atom. The molecule has 6 nitrogen and oxygen atoms in total. The number of carbonyl (C=O) groups excluding carboxylic acids is 2. The molecule has 138 valence electrons. The van der Waals surface area contributed by atoms with Gasteiger partial charge in [0.2, 0.25) is 0 Å². The lowest BCUT2D eigenvalue weighted by molar-refractivity contribution is -0.123. The molecule has 2 aromatic carbocycles. The zero-order valence-corrected chi connectivity index (χ0v) is 15.5. The number of amides is 1. The number of halogens is 2. The fourth-order valence-corrected chi connectivity index (χ4v) is 2.44. The van der Waals surface area contributed by atoms with Crippen molar-refractivity contribution in [2.24, 2.45) is 0 Å². The molecule has 8 heteroatoms. The first kappa shape index (κ1) is 19.9. The molecule has 0 saturated carbocycles. The number of aliphatic hydroxyl groups excluding tert-OH is 1. The first-order valence-electron chi connectivity index (χ1n) is 7.83. The molecule has 0 radical (unpaired) electrons. The Balaban J connectivity index is 2.03.